The molecule has 0 radical (unpaired) electrons. The number of ether oxygens (including phenoxy) is 1. The third-order valence-electron chi connectivity index (χ3n) is 6.06. The molecule has 2 aliphatic heterocycles. The number of piperazine rings is 1. The van der Waals surface area contributed by atoms with E-state index in [1.807, 2.05) is 35.2 Å². The summed E-state index contributed by atoms with van der Waals surface area (Å²) in [5, 5.41) is 13.6. The molecule has 0 bridgehead atoms. The van der Waals surface area contributed by atoms with Crippen LogP contribution in [0.1, 0.15) is 26.2 Å². The van der Waals surface area contributed by atoms with Crippen LogP contribution >= 0.6 is 0 Å². The summed E-state index contributed by atoms with van der Waals surface area (Å²) in [5.41, 5.74) is 0. The maximum atomic E-state index is 12.7. The van der Waals surface area contributed by atoms with Gasteiger partial charge in [-0.25, -0.2) is 0 Å². The molecule has 0 aliphatic carbocycles. The molecule has 2 unspecified atom stereocenters. The van der Waals surface area contributed by atoms with Crippen LogP contribution in [0.15, 0.2) is 30.3 Å². The van der Waals surface area contributed by atoms with Crippen molar-refractivity contribution in [3.05, 3.63) is 30.3 Å². The van der Waals surface area contributed by atoms with Gasteiger partial charge in [-0.15, -0.1) is 0 Å². The van der Waals surface area contributed by atoms with E-state index >= 15 is 0 Å². The van der Waals surface area contributed by atoms with Crippen molar-refractivity contribution in [1.29, 1.82) is 0 Å². The Morgan fingerprint density at radius 3 is 2.54 bits per heavy atom. The molecule has 156 valence electrons. The number of nitrogens with one attached hydrogen (secondary N) is 1. The van der Waals surface area contributed by atoms with E-state index in [1.54, 1.807) is 0 Å². The second kappa shape index (κ2) is 10.8. The van der Waals surface area contributed by atoms with Crippen LogP contribution in [-0.2, 0) is 4.79 Å². The zero-order valence-corrected chi connectivity index (χ0v) is 17.1. The van der Waals surface area contributed by atoms with Gasteiger partial charge in [0, 0.05) is 39.1 Å². The molecule has 28 heavy (non-hydrogen) atoms. The van der Waals surface area contributed by atoms with Gasteiger partial charge in [-0.2, -0.15) is 0 Å². The number of aliphatic hydroxyl groups excluding tert-OH is 1. The van der Waals surface area contributed by atoms with Crippen LogP contribution in [0.2, 0.25) is 0 Å². The number of piperidine rings is 1. The molecular formula is C22H35N3O3. The molecule has 2 fully saturated rings. The lowest BCUT2D eigenvalue weighted by Gasteiger charge is -2.36. The standard InChI is InChI=1S/C22H35N3O3/c1-18(19-7-9-23-10-8-19)15-22(27)25-13-11-24(12-14-25)16-20(26)17-28-21-5-3-2-4-6-21/h2-6,18-20,23,26H,7-17H2,1H3. The zero-order chi connectivity index (χ0) is 19.8. The van der Waals surface area contributed by atoms with Gasteiger partial charge >= 0.3 is 0 Å². The van der Waals surface area contributed by atoms with E-state index in [0.717, 1.165) is 45.0 Å². The Morgan fingerprint density at radius 1 is 1.18 bits per heavy atom. The molecule has 0 saturated carbocycles. The van der Waals surface area contributed by atoms with E-state index in [0.29, 0.717) is 30.7 Å². The molecule has 1 aromatic rings. The molecule has 2 atom stereocenters. The average Bonchev–Trinajstić information content (AvgIpc) is 2.74. The van der Waals surface area contributed by atoms with Crippen molar-refractivity contribution in [3.8, 4) is 5.75 Å². The highest BCUT2D eigenvalue weighted by Gasteiger charge is 2.27. The molecule has 2 saturated heterocycles. The monoisotopic (exact) mass is 389 g/mol. The number of hydrogen-bond acceptors (Lipinski definition) is 5. The Bertz CT molecular complexity index is 584. The van der Waals surface area contributed by atoms with E-state index in [9.17, 15) is 9.90 Å². The molecule has 2 N–H and O–H groups in total. The Labute approximate surface area is 168 Å². The highest BCUT2D eigenvalue weighted by Crippen LogP contribution is 2.25. The summed E-state index contributed by atoms with van der Waals surface area (Å²) >= 11 is 0. The van der Waals surface area contributed by atoms with Crippen LogP contribution in [0.5, 0.6) is 5.75 Å². The largest absolute Gasteiger partial charge is 0.491 e. The van der Waals surface area contributed by atoms with Gasteiger partial charge < -0.3 is 20.1 Å². The Morgan fingerprint density at radius 2 is 1.86 bits per heavy atom. The second-order valence-electron chi connectivity index (χ2n) is 8.23. The summed E-state index contributed by atoms with van der Waals surface area (Å²) in [4.78, 5) is 16.9. The van der Waals surface area contributed by atoms with Crippen molar-refractivity contribution >= 4 is 5.91 Å². The van der Waals surface area contributed by atoms with Crippen LogP contribution in [0.3, 0.4) is 0 Å². The lowest BCUT2D eigenvalue weighted by molar-refractivity contribution is -0.134. The number of hydrogen-bond donors (Lipinski definition) is 2. The lowest BCUT2D eigenvalue weighted by atomic mass is 9.84. The van der Waals surface area contributed by atoms with Crippen molar-refractivity contribution in [2.75, 3.05) is 52.4 Å². The highest BCUT2D eigenvalue weighted by molar-refractivity contribution is 5.76. The van der Waals surface area contributed by atoms with E-state index in [1.165, 1.54) is 12.8 Å². The second-order valence-corrected chi connectivity index (χ2v) is 8.23. The first-order valence-corrected chi connectivity index (χ1v) is 10.7. The summed E-state index contributed by atoms with van der Waals surface area (Å²) in [7, 11) is 0. The highest BCUT2D eigenvalue weighted by atomic mass is 16.5. The number of carbonyl (C=O) groups excluding carboxylic acids is 1. The van der Waals surface area contributed by atoms with Crippen molar-refractivity contribution in [2.45, 2.75) is 32.3 Å². The molecule has 1 aromatic carbocycles. The van der Waals surface area contributed by atoms with Gasteiger partial charge in [0.2, 0.25) is 5.91 Å². The fourth-order valence-corrected chi connectivity index (χ4v) is 4.22. The Kier molecular flexibility index (Phi) is 8.13. The summed E-state index contributed by atoms with van der Waals surface area (Å²) in [6.07, 6.45) is 2.51. The van der Waals surface area contributed by atoms with Crippen molar-refractivity contribution < 1.29 is 14.6 Å². The van der Waals surface area contributed by atoms with Gasteiger partial charge in [0.05, 0.1) is 0 Å². The maximum Gasteiger partial charge on any atom is 0.222 e. The number of amides is 1. The number of rotatable bonds is 8. The molecule has 3 rings (SSSR count). The van der Waals surface area contributed by atoms with Crippen molar-refractivity contribution in [3.63, 3.8) is 0 Å². The minimum Gasteiger partial charge on any atom is -0.491 e. The van der Waals surface area contributed by atoms with E-state index in [2.05, 4.69) is 17.1 Å². The quantitative estimate of drug-likeness (QED) is 0.707. The summed E-state index contributed by atoms with van der Waals surface area (Å²) in [6.45, 7) is 8.40. The van der Waals surface area contributed by atoms with E-state index in [4.69, 9.17) is 4.74 Å². The molecule has 0 spiro atoms. The van der Waals surface area contributed by atoms with Gasteiger partial charge in [0.15, 0.2) is 0 Å². The van der Waals surface area contributed by atoms with Crippen LogP contribution in [0.4, 0.5) is 0 Å². The minimum atomic E-state index is -0.526. The summed E-state index contributed by atoms with van der Waals surface area (Å²) in [6, 6.07) is 9.56. The van der Waals surface area contributed by atoms with Gasteiger partial charge in [-0.1, -0.05) is 25.1 Å². The summed E-state index contributed by atoms with van der Waals surface area (Å²) < 4.78 is 5.62. The topological polar surface area (TPSA) is 65.0 Å². The minimum absolute atomic E-state index is 0.289. The summed E-state index contributed by atoms with van der Waals surface area (Å²) in [5.74, 6) is 2.20. The maximum absolute atomic E-state index is 12.7. The van der Waals surface area contributed by atoms with E-state index in [-0.39, 0.29) is 6.61 Å². The number of para-hydroxylation sites is 1. The van der Waals surface area contributed by atoms with Crippen LogP contribution in [0, 0.1) is 11.8 Å². The van der Waals surface area contributed by atoms with Crippen molar-refractivity contribution in [1.82, 2.24) is 15.1 Å². The third-order valence-corrected chi connectivity index (χ3v) is 6.06. The van der Waals surface area contributed by atoms with Crippen molar-refractivity contribution in [2.24, 2.45) is 11.8 Å². The van der Waals surface area contributed by atoms with Gasteiger partial charge in [0.25, 0.3) is 0 Å². The van der Waals surface area contributed by atoms with Gasteiger partial charge in [-0.05, 0) is 49.9 Å². The lowest BCUT2D eigenvalue weighted by Crippen LogP contribution is -2.51. The molecule has 1 amide bonds. The fraction of sp³-hybridized carbons (Fsp3) is 0.682. The first-order chi connectivity index (χ1) is 13.6. The predicted octanol–water partition coefficient (Wildman–Crippen LogP) is 1.60. The van der Waals surface area contributed by atoms with Gasteiger partial charge in [-0.3, -0.25) is 9.69 Å². The number of β-amino-alcohol motifs (C(OH)–C–C–N with tert-alkyl or cyclic N) is 1. The number of nitrogens with zero attached hydrogens (tertiary/aromatic N) is 2. The first kappa shape index (κ1) is 21.1. The normalized spacial score (nSPS) is 21.3. The Hall–Kier alpha value is -1.63. The van der Waals surface area contributed by atoms with Crippen LogP contribution < -0.4 is 10.1 Å². The SMILES string of the molecule is CC(CC(=O)N1CCN(CC(O)COc2ccccc2)CC1)C1CCNCC1. The number of carbonyl (C=O) groups is 1. The van der Waals surface area contributed by atoms with Crippen LogP contribution in [-0.4, -0.2) is 79.3 Å². The third kappa shape index (κ3) is 6.47. The molecule has 6 heteroatoms. The molecule has 2 aliphatic rings. The molecule has 2 heterocycles. The molecule has 0 aromatic heterocycles. The average molecular weight is 390 g/mol. The smallest absolute Gasteiger partial charge is 0.222 e. The molecule has 6 nitrogen and oxygen atoms in total. The van der Waals surface area contributed by atoms with Gasteiger partial charge in [0.1, 0.15) is 18.5 Å². The van der Waals surface area contributed by atoms with Crippen LogP contribution in [0.25, 0.3) is 0 Å². The molecular weight excluding hydrogens is 354 g/mol. The number of benzene rings is 1. The predicted molar refractivity (Wildman–Crippen MR) is 110 cm³/mol. The zero-order valence-electron chi connectivity index (χ0n) is 17.1. The fourth-order valence-electron chi connectivity index (χ4n) is 4.22. The van der Waals surface area contributed by atoms with E-state index < -0.39 is 6.10 Å². The number of aliphatic hydroxyl groups is 1. The first-order valence-electron chi connectivity index (χ1n) is 10.7. The Balaban J connectivity index is 1.33.